The molecule has 0 radical (unpaired) electrons. The molecule has 0 saturated carbocycles. The summed E-state index contributed by atoms with van der Waals surface area (Å²) < 4.78 is 8.82. The van der Waals surface area contributed by atoms with Gasteiger partial charge in [0, 0.05) is 81.2 Å². The van der Waals surface area contributed by atoms with Crippen LogP contribution in [0.25, 0.3) is 57.0 Å². The van der Waals surface area contributed by atoms with Crippen molar-refractivity contribution in [2.24, 2.45) is 56.4 Å². The monoisotopic (exact) mass is 1290 g/mol. The van der Waals surface area contributed by atoms with Gasteiger partial charge in [0.15, 0.2) is 23.3 Å². The van der Waals surface area contributed by atoms with E-state index >= 15 is 0 Å². The largest absolute Gasteiger partial charge is 2.00 e. The molecule has 0 atom stereocenters. The van der Waals surface area contributed by atoms with Gasteiger partial charge in [-0.25, -0.2) is 39.1 Å². The van der Waals surface area contributed by atoms with Crippen LogP contribution in [0.15, 0.2) is 65.7 Å². The summed E-state index contributed by atoms with van der Waals surface area (Å²) in [7, 11) is 11.6. The van der Waals surface area contributed by atoms with Crippen LogP contribution in [0.3, 0.4) is 0 Å². The number of hydrogen-bond acceptors (Lipinski definition) is 22. The van der Waals surface area contributed by atoms with Crippen molar-refractivity contribution in [3.8, 4) is 46.4 Å². The first-order valence-corrected chi connectivity index (χ1v) is 17.7. The van der Waals surface area contributed by atoms with Gasteiger partial charge in [-0.2, -0.15) is 0 Å². The van der Waals surface area contributed by atoms with Crippen LogP contribution in [0.5, 0.6) is 11.8 Å². The van der Waals surface area contributed by atoms with E-state index in [1.807, 2.05) is 0 Å². The van der Waals surface area contributed by atoms with Crippen LogP contribution in [0, 0.1) is 0 Å². The number of nitrogens with zero attached hydrogens (tertiary/aromatic N) is 24. The fraction of sp³-hybridized carbons (Fsp3) is 0.250. The molecule has 4 aliphatic heterocycles. The maximum Gasteiger partial charge on any atom is 2.00 e. The molecule has 6 aromatic heterocycles. The summed E-state index contributed by atoms with van der Waals surface area (Å²) in [4.78, 5) is 84.1. The molecule has 0 saturated heterocycles. The summed E-state index contributed by atoms with van der Waals surface area (Å²) in [6, 6.07) is 3.51. The van der Waals surface area contributed by atoms with Crippen molar-refractivity contribution in [1.29, 1.82) is 0 Å². The third-order valence-corrected chi connectivity index (χ3v) is 8.91. The Morgan fingerprint density at radius 3 is 0.961 bits per heavy atom. The molecule has 10 rings (SSSR count). The predicted molar refractivity (Wildman–Crippen MR) is 251 cm³/mol. The molecule has 0 fully saturated rings. The molecule has 76 heavy (non-hydrogen) atoms. The number of aryl methyl sites for hydroxylation is 2. The van der Waals surface area contributed by atoms with Crippen molar-refractivity contribution in [3.63, 3.8) is 0 Å². The Labute approximate surface area is 460 Å². The minimum absolute atomic E-state index is 0. The molecule has 0 amide bonds. The first-order valence-electron chi connectivity index (χ1n) is 17.7. The smallest absolute Gasteiger partial charge is 0.858 e. The molecule has 0 aliphatic carbocycles. The molecule has 0 bridgehead atoms. The fourth-order valence-electron chi connectivity index (χ4n) is 5.34. The van der Waals surface area contributed by atoms with Gasteiger partial charge in [0.05, 0.1) is 22.3 Å². The zero-order valence-corrected chi connectivity index (χ0v) is 49.3. The Morgan fingerprint density at radius 1 is 0.395 bits per heavy atom. The third kappa shape index (κ3) is 16.0. The van der Waals surface area contributed by atoms with E-state index in [2.05, 4.69) is 81.6 Å². The molecule has 410 valence electrons. The molecule has 24 N–H and O–H groups in total. The molecule has 42 nitrogen and oxygen atoms in total. The average molecular weight is 1290 g/mol. The maximum absolute atomic E-state index is 11.4. The summed E-state index contributed by atoms with van der Waals surface area (Å²) in [6.07, 6.45) is 6.66. The van der Waals surface area contributed by atoms with Crippen LogP contribution in [0.2, 0.25) is 0 Å². The van der Waals surface area contributed by atoms with Gasteiger partial charge < -0.3 is 94.5 Å². The Bertz CT molecular complexity index is 3360. The van der Waals surface area contributed by atoms with Gasteiger partial charge in [-0.05, 0) is 34.3 Å². The molecule has 0 unspecified atom stereocenters. The van der Waals surface area contributed by atoms with Crippen molar-refractivity contribution < 1.29 is 120 Å². The Hall–Kier alpha value is -8.08. The third-order valence-electron chi connectivity index (χ3n) is 8.91. The summed E-state index contributed by atoms with van der Waals surface area (Å²) in [6.45, 7) is 0. The standard InChI is InChI=1S/C8H6N4.4C6H7N5O2.2Cd.10H2O/c1-3-9-7(10-4-1)8-11-5-2-6-12-8;4*1-10-4-3(7-9-8-4)5(12)11(2)6(10)13;;;;;;;;;;;;/h1-6H;2*1-2H3,(H,7,8,9,12);2*12H,1-2H3;;;10*1H2/q;;;;;2*+2;;;;;;;;;;. The van der Waals surface area contributed by atoms with Crippen molar-refractivity contribution >= 4 is 22.3 Å². The van der Waals surface area contributed by atoms with Crippen molar-refractivity contribution in [3.05, 3.63) is 99.6 Å². The summed E-state index contributed by atoms with van der Waals surface area (Å²) in [5, 5.41) is 64.5. The van der Waals surface area contributed by atoms with Crippen LogP contribution in [0.4, 0.5) is 0 Å². The first-order chi connectivity index (χ1) is 30.5. The van der Waals surface area contributed by atoms with Gasteiger partial charge in [-0.1, -0.05) is 0 Å². The zero-order valence-electron chi connectivity index (χ0n) is 41.2. The Kier molecular flexibility index (Phi) is 37.1. The van der Waals surface area contributed by atoms with Gasteiger partial charge in [0.1, 0.15) is 11.4 Å². The second-order valence-electron chi connectivity index (χ2n) is 12.8. The topological polar surface area (TPSA) is 718 Å². The van der Waals surface area contributed by atoms with Gasteiger partial charge >= 0.3 is 77.4 Å². The van der Waals surface area contributed by atoms with E-state index < -0.39 is 45.6 Å². The van der Waals surface area contributed by atoms with E-state index in [-0.39, 0.29) is 155 Å². The van der Waals surface area contributed by atoms with Crippen molar-refractivity contribution in [1.82, 2.24) is 118 Å². The van der Waals surface area contributed by atoms with Gasteiger partial charge in [0.2, 0.25) is 0 Å². The van der Waals surface area contributed by atoms with Crippen LogP contribution < -0.4 is 54.3 Å². The zero-order chi connectivity index (χ0) is 46.6. The molecule has 0 aromatic carbocycles. The Morgan fingerprint density at radius 2 is 0.671 bits per heavy atom. The quantitative estimate of drug-likeness (QED) is 0.109. The maximum atomic E-state index is 11.4. The van der Waals surface area contributed by atoms with Gasteiger partial charge in [-0.15, -0.1) is 20.4 Å². The SMILES string of the molecule is Cn1c(=O)c2[n-]nnc2n(C)c1=O.Cn1c(=O)c2[n-]nnc2n(C)c1=O.Cn1c2nnnc-2c([O-])n(C)c1=O.Cn1c2nnnc-2c([O-])n(C)c1=O.O.O.O.O.O.O.[Cd+2].[Cd+2].[OH3+].[OH3+].[OH3+].[OH3+].c1cnc(-c2ncccn2)nc1. The predicted octanol–water partition coefficient (Wildman–Crippen LogP) is -15.6. The van der Waals surface area contributed by atoms with Gasteiger partial charge in [0.25, 0.3) is 11.1 Å². The Balaban J connectivity index is -0.000000151. The molecular weight excluding hydrogens is 1230 g/mol. The van der Waals surface area contributed by atoms with Gasteiger partial charge in [-0.3, -0.25) is 47.4 Å². The number of rotatable bonds is 1. The summed E-state index contributed by atoms with van der Waals surface area (Å²) in [5.74, 6) is 0.601. The minimum atomic E-state index is -0.469. The second kappa shape index (κ2) is 34.4. The van der Waals surface area contributed by atoms with E-state index in [9.17, 15) is 39.0 Å². The first kappa shape index (κ1) is 82.0. The number of hydrogen-bond donors (Lipinski definition) is 0. The van der Waals surface area contributed by atoms with Crippen LogP contribution >= 0.6 is 0 Å². The summed E-state index contributed by atoms with van der Waals surface area (Å²) >= 11 is 0. The minimum Gasteiger partial charge on any atom is -0.858 e. The number of fused-ring (bicyclic) bond motifs is 4. The fourth-order valence-corrected chi connectivity index (χ4v) is 5.34. The van der Waals surface area contributed by atoms with Crippen molar-refractivity contribution in [2.45, 2.75) is 0 Å². The van der Waals surface area contributed by atoms with E-state index in [0.29, 0.717) is 11.6 Å². The molecule has 10 heterocycles. The van der Waals surface area contributed by atoms with E-state index in [1.165, 1.54) is 74.6 Å². The molecule has 44 heteroatoms. The van der Waals surface area contributed by atoms with Crippen molar-refractivity contribution in [2.75, 3.05) is 0 Å². The van der Waals surface area contributed by atoms with E-state index in [4.69, 9.17) is 0 Å². The molecular formula is C32H54Cd2N24O18+4. The second-order valence-corrected chi connectivity index (χ2v) is 12.8. The molecule has 4 aliphatic rings. The summed E-state index contributed by atoms with van der Waals surface area (Å²) in [5.41, 5.74) is -1.77. The van der Waals surface area contributed by atoms with Crippen LogP contribution in [-0.2, 0) is 133 Å². The molecule has 0 spiro atoms. The molecule has 6 aromatic rings. The van der Waals surface area contributed by atoms with Crippen LogP contribution in [0.1, 0.15) is 0 Å². The normalized spacial score (nSPS) is 9.00. The van der Waals surface area contributed by atoms with Crippen LogP contribution in [-0.4, -0.2) is 141 Å². The van der Waals surface area contributed by atoms with E-state index in [0.717, 1.165) is 18.3 Å². The average Bonchev–Trinajstić information content (AvgIpc) is 4.18. The number of aromatic nitrogens is 24. The van der Waals surface area contributed by atoms with E-state index in [1.54, 1.807) is 36.9 Å².